The van der Waals surface area contributed by atoms with Crippen LogP contribution < -0.4 is 5.32 Å². The van der Waals surface area contributed by atoms with E-state index in [4.69, 9.17) is 9.68 Å². The van der Waals surface area contributed by atoms with Gasteiger partial charge < -0.3 is 4.42 Å². The maximum absolute atomic E-state index is 8.78. The van der Waals surface area contributed by atoms with E-state index in [1.807, 2.05) is 32.9 Å². The van der Waals surface area contributed by atoms with Crippen LogP contribution in [0.25, 0.3) is 0 Å². The number of aryl methyl sites for hydroxylation is 1. The molecule has 3 nitrogen and oxygen atoms in total. The van der Waals surface area contributed by atoms with Crippen molar-refractivity contribution in [2.75, 3.05) is 0 Å². The molecule has 1 aromatic rings. The highest BCUT2D eigenvalue weighted by Crippen LogP contribution is 2.16. The third-order valence-electron chi connectivity index (χ3n) is 2.20. The van der Waals surface area contributed by atoms with Gasteiger partial charge in [-0.15, -0.1) is 0 Å². The third kappa shape index (κ3) is 2.61. The minimum Gasteiger partial charge on any atom is -0.465 e. The zero-order valence-electron chi connectivity index (χ0n) is 8.87. The molecule has 3 heteroatoms. The van der Waals surface area contributed by atoms with Gasteiger partial charge in [-0.1, -0.05) is 6.92 Å². The molecule has 0 amide bonds. The molecule has 1 N–H and O–H groups in total. The summed E-state index contributed by atoms with van der Waals surface area (Å²) in [5, 5.41) is 12.0. The molecule has 76 valence electrons. The molecular formula is C11H16N2O. The van der Waals surface area contributed by atoms with Gasteiger partial charge in [-0.25, -0.2) is 0 Å². The van der Waals surface area contributed by atoms with Crippen molar-refractivity contribution in [1.82, 2.24) is 5.32 Å². The summed E-state index contributed by atoms with van der Waals surface area (Å²) in [5.41, 5.74) is 0. The third-order valence-corrected chi connectivity index (χ3v) is 2.20. The molecule has 0 aliphatic carbocycles. The second-order valence-electron chi connectivity index (χ2n) is 3.43. The standard InChI is InChI=1S/C11H16N2O/c1-4-10(7-12)13-9(3)11-6-5-8(2)14-11/h5-6,9-10,13H,4H2,1-3H3. The van der Waals surface area contributed by atoms with Crippen LogP contribution in [0.3, 0.4) is 0 Å². The fraction of sp³-hybridized carbons (Fsp3) is 0.545. The Labute approximate surface area is 84.7 Å². The average Bonchev–Trinajstić information content (AvgIpc) is 2.61. The van der Waals surface area contributed by atoms with Gasteiger partial charge in [-0.3, -0.25) is 5.32 Å². The topological polar surface area (TPSA) is 49.0 Å². The highest BCUT2D eigenvalue weighted by Gasteiger charge is 2.13. The quantitative estimate of drug-likeness (QED) is 0.797. The Bertz CT molecular complexity index is 324. The van der Waals surface area contributed by atoms with E-state index in [1.165, 1.54) is 0 Å². The lowest BCUT2D eigenvalue weighted by atomic mass is 10.2. The molecule has 0 spiro atoms. The van der Waals surface area contributed by atoms with E-state index in [1.54, 1.807) is 0 Å². The monoisotopic (exact) mass is 192 g/mol. The van der Waals surface area contributed by atoms with Crippen molar-refractivity contribution in [3.05, 3.63) is 23.7 Å². The molecule has 1 aromatic heterocycles. The lowest BCUT2D eigenvalue weighted by Crippen LogP contribution is -2.29. The van der Waals surface area contributed by atoms with Crippen molar-refractivity contribution in [3.63, 3.8) is 0 Å². The van der Waals surface area contributed by atoms with Gasteiger partial charge in [0, 0.05) is 0 Å². The Balaban J connectivity index is 2.58. The molecule has 0 fully saturated rings. The zero-order valence-corrected chi connectivity index (χ0v) is 8.87. The van der Waals surface area contributed by atoms with Crippen LogP contribution in [0, 0.1) is 18.3 Å². The van der Waals surface area contributed by atoms with Crippen molar-refractivity contribution in [3.8, 4) is 6.07 Å². The highest BCUT2D eigenvalue weighted by atomic mass is 16.3. The molecule has 2 atom stereocenters. The minimum atomic E-state index is -0.101. The van der Waals surface area contributed by atoms with Gasteiger partial charge in [0.2, 0.25) is 0 Å². The number of rotatable bonds is 4. The summed E-state index contributed by atoms with van der Waals surface area (Å²) in [5.74, 6) is 1.79. The fourth-order valence-electron chi connectivity index (χ4n) is 1.32. The molecular weight excluding hydrogens is 176 g/mol. The predicted octanol–water partition coefficient (Wildman–Crippen LogP) is 2.54. The van der Waals surface area contributed by atoms with Crippen molar-refractivity contribution in [2.24, 2.45) is 0 Å². The Hall–Kier alpha value is -1.27. The normalized spacial score (nSPS) is 14.7. The zero-order chi connectivity index (χ0) is 10.6. The Morgan fingerprint density at radius 1 is 1.57 bits per heavy atom. The number of nitrogens with zero attached hydrogens (tertiary/aromatic N) is 1. The molecule has 0 aliphatic heterocycles. The first-order valence-corrected chi connectivity index (χ1v) is 4.89. The lowest BCUT2D eigenvalue weighted by molar-refractivity contribution is 0.399. The van der Waals surface area contributed by atoms with Crippen LogP contribution in [0.15, 0.2) is 16.5 Å². The van der Waals surface area contributed by atoms with Crippen molar-refractivity contribution in [1.29, 1.82) is 5.26 Å². The SMILES string of the molecule is CCC(C#N)NC(C)c1ccc(C)o1. The van der Waals surface area contributed by atoms with Gasteiger partial charge in [-0.2, -0.15) is 5.26 Å². The number of hydrogen-bond acceptors (Lipinski definition) is 3. The van der Waals surface area contributed by atoms with Crippen LogP contribution in [0.1, 0.15) is 37.8 Å². The average molecular weight is 192 g/mol. The first-order chi connectivity index (χ1) is 6.67. The van der Waals surface area contributed by atoms with Crippen LogP contribution in [-0.2, 0) is 0 Å². The Kier molecular flexibility index (Phi) is 3.73. The van der Waals surface area contributed by atoms with Crippen LogP contribution in [0.5, 0.6) is 0 Å². The Morgan fingerprint density at radius 2 is 2.29 bits per heavy atom. The molecule has 1 rings (SSSR count). The van der Waals surface area contributed by atoms with Crippen LogP contribution in [0.2, 0.25) is 0 Å². The first kappa shape index (κ1) is 10.8. The summed E-state index contributed by atoms with van der Waals surface area (Å²) in [6, 6.07) is 6.07. The lowest BCUT2D eigenvalue weighted by Gasteiger charge is -2.14. The van der Waals surface area contributed by atoms with E-state index in [0.717, 1.165) is 17.9 Å². The largest absolute Gasteiger partial charge is 0.465 e. The van der Waals surface area contributed by atoms with Crippen molar-refractivity contribution < 1.29 is 4.42 Å². The van der Waals surface area contributed by atoms with Gasteiger partial charge in [-0.05, 0) is 32.4 Å². The molecule has 0 bridgehead atoms. The van der Waals surface area contributed by atoms with Crippen LogP contribution >= 0.6 is 0 Å². The van der Waals surface area contributed by atoms with Crippen LogP contribution in [-0.4, -0.2) is 6.04 Å². The van der Waals surface area contributed by atoms with E-state index in [2.05, 4.69) is 11.4 Å². The van der Waals surface area contributed by atoms with E-state index < -0.39 is 0 Å². The Morgan fingerprint density at radius 3 is 2.71 bits per heavy atom. The van der Waals surface area contributed by atoms with Crippen LogP contribution in [0.4, 0.5) is 0 Å². The summed E-state index contributed by atoms with van der Waals surface area (Å²) in [6.07, 6.45) is 0.806. The molecule has 0 saturated carbocycles. The minimum absolute atomic E-state index is 0.0910. The molecule has 0 aliphatic rings. The summed E-state index contributed by atoms with van der Waals surface area (Å²) in [7, 11) is 0. The second-order valence-corrected chi connectivity index (χ2v) is 3.43. The summed E-state index contributed by atoms with van der Waals surface area (Å²) in [4.78, 5) is 0. The second kappa shape index (κ2) is 4.83. The van der Waals surface area contributed by atoms with E-state index in [9.17, 15) is 0 Å². The highest BCUT2D eigenvalue weighted by molar-refractivity contribution is 5.09. The van der Waals surface area contributed by atoms with Gasteiger partial charge in [0.05, 0.1) is 18.2 Å². The van der Waals surface area contributed by atoms with Crippen molar-refractivity contribution >= 4 is 0 Å². The summed E-state index contributed by atoms with van der Waals surface area (Å²) in [6.45, 7) is 5.90. The van der Waals surface area contributed by atoms with Gasteiger partial charge >= 0.3 is 0 Å². The maximum Gasteiger partial charge on any atom is 0.120 e. The number of nitrogens with one attached hydrogen (secondary N) is 1. The predicted molar refractivity (Wildman–Crippen MR) is 54.7 cm³/mol. The van der Waals surface area contributed by atoms with Gasteiger partial charge in [0.1, 0.15) is 11.5 Å². The molecule has 1 heterocycles. The molecule has 0 radical (unpaired) electrons. The van der Waals surface area contributed by atoms with Gasteiger partial charge in [0.25, 0.3) is 0 Å². The molecule has 14 heavy (non-hydrogen) atoms. The number of furan rings is 1. The molecule has 0 saturated heterocycles. The van der Waals surface area contributed by atoms with E-state index >= 15 is 0 Å². The molecule has 0 aromatic carbocycles. The fourth-order valence-corrected chi connectivity index (χ4v) is 1.32. The first-order valence-electron chi connectivity index (χ1n) is 4.89. The summed E-state index contributed by atoms with van der Waals surface area (Å²) >= 11 is 0. The van der Waals surface area contributed by atoms with E-state index in [0.29, 0.717) is 0 Å². The summed E-state index contributed by atoms with van der Waals surface area (Å²) < 4.78 is 5.46. The number of hydrogen-bond donors (Lipinski definition) is 1. The number of nitriles is 1. The van der Waals surface area contributed by atoms with E-state index in [-0.39, 0.29) is 12.1 Å². The van der Waals surface area contributed by atoms with Gasteiger partial charge in [0.15, 0.2) is 0 Å². The smallest absolute Gasteiger partial charge is 0.120 e. The molecule has 2 unspecified atom stereocenters. The maximum atomic E-state index is 8.78. The van der Waals surface area contributed by atoms with Crippen molar-refractivity contribution in [2.45, 2.75) is 39.3 Å².